The molecule has 3 aromatic rings. The largest absolute Gasteiger partial charge is 0.399 e. The van der Waals surface area contributed by atoms with Gasteiger partial charge in [0, 0.05) is 29.7 Å². The van der Waals surface area contributed by atoms with Gasteiger partial charge in [-0.3, -0.25) is 0 Å². The summed E-state index contributed by atoms with van der Waals surface area (Å²) in [5.41, 5.74) is 8.59. The third kappa shape index (κ3) is 1.73. The third-order valence-corrected chi connectivity index (χ3v) is 2.60. The second kappa shape index (κ2) is 3.59. The molecule has 2 N–H and O–H groups in total. The molecule has 0 amide bonds. The highest BCUT2D eigenvalue weighted by Gasteiger charge is 2.05. The zero-order valence-electron chi connectivity index (χ0n) is 8.97. The van der Waals surface area contributed by atoms with Crippen molar-refractivity contribution in [3.05, 3.63) is 54.6 Å². The Kier molecular flexibility index (Phi) is 2.08. The number of fused-ring (bicyclic) bond motifs is 1. The number of rotatable bonds is 1. The quantitative estimate of drug-likeness (QED) is 0.694. The van der Waals surface area contributed by atoms with Crippen molar-refractivity contribution in [3.63, 3.8) is 0 Å². The van der Waals surface area contributed by atoms with E-state index in [-0.39, 0.29) is 5.82 Å². The Morgan fingerprint density at radius 2 is 2.06 bits per heavy atom. The predicted molar refractivity (Wildman–Crippen MR) is 65.0 cm³/mol. The van der Waals surface area contributed by atoms with Gasteiger partial charge in [-0.25, -0.2) is 9.37 Å². The number of nitrogens with two attached hydrogens (primary N) is 1. The lowest BCUT2D eigenvalue weighted by molar-refractivity contribution is 0.628. The van der Waals surface area contributed by atoms with Crippen LogP contribution in [0.5, 0.6) is 0 Å². The number of hydrogen-bond acceptors (Lipinski definition) is 2. The summed E-state index contributed by atoms with van der Waals surface area (Å²) >= 11 is 0. The number of nitrogen functional groups attached to an aromatic ring is 1. The van der Waals surface area contributed by atoms with E-state index in [1.807, 2.05) is 22.9 Å². The highest BCUT2D eigenvalue weighted by molar-refractivity contribution is 5.64. The second-order valence-electron chi connectivity index (χ2n) is 3.86. The van der Waals surface area contributed by atoms with E-state index in [0.717, 1.165) is 16.9 Å². The van der Waals surface area contributed by atoms with E-state index in [1.165, 1.54) is 12.1 Å². The normalized spacial score (nSPS) is 10.9. The van der Waals surface area contributed by atoms with Crippen LogP contribution < -0.4 is 5.73 Å². The Morgan fingerprint density at radius 3 is 2.88 bits per heavy atom. The molecule has 2 heterocycles. The molecule has 0 spiro atoms. The number of imidazole rings is 1. The maximum absolute atomic E-state index is 13.1. The van der Waals surface area contributed by atoms with Crippen LogP contribution in [-0.4, -0.2) is 9.38 Å². The lowest BCUT2D eigenvalue weighted by Gasteiger charge is -1.94. The third-order valence-electron chi connectivity index (χ3n) is 2.60. The molecule has 0 aliphatic rings. The van der Waals surface area contributed by atoms with Gasteiger partial charge < -0.3 is 10.1 Å². The van der Waals surface area contributed by atoms with Crippen molar-refractivity contribution in [2.24, 2.45) is 0 Å². The van der Waals surface area contributed by atoms with E-state index in [0.29, 0.717) is 5.69 Å². The fraction of sp³-hybridized carbons (Fsp3) is 0. The van der Waals surface area contributed by atoms with Gasteiger partial charge in [-0.2, -0.15) is 0 Å². The minimum atomic E-state index is -0.265. The second-order valence-corrected chi connectivity index (χ2v) is 3.86. The first-order valence-electron chi connectivity index (χ1n) is 5.22. The number of benzene rings is 1. The van der Waals surface area contributed by atoms with Crippen molar-refractivity contribution in [2.45, 2.75) is 0 Å². The zero-order valence-corrected chi connectivity index (χ0v) is 8.97. The van der Waals surface area contributed by atoms with E-state index < -0.39 is 0 Å². The summed E-state index contributed by atoms with van der Waals surface area (Å²) in [6, 6.07) is 9.95. The van der Waals surface area contributed by atoms with E-state index in [1.54, 1.807) is 18.2 Å². The summed E-state index contributed by atoms with van der Waals surface area (Å²) in [5, 5.41) is 0. The Labute approximate surface area is 97.3 Å². The van der Waals surface area contributed by atoms with Crippen LogP contribution in [0.4, 0.5) is 10.1 Å². The molecular weight excluding hydrogens is 217 g/mol. The molecule has 0 fully saturated rings. The first-order chi connectivity index (χ1) is 8.22. The highest BCUT2D eigenvalue weighted by Crippen LogP contribution is 2.20. The zero-order chi connectivity index (χ0) is 11.8. The van der Waals surface area contributed by atoms with Gasteiger partial charge in [0.1, 0.15) is 11.5 Å². The number of aromatic nitrogens is 2. The van der Waals surface area contributed by atoms with Crippen LogP contribution in [0.2, 0.25) is 0 Å². The molecule has 3 nitrogen and oxygen atoms in total. The van der Waals surface area contributed by atoms with E-state index in [4.69, 9.17) is 5.73 Å². The molecule has 0 aliphatic heterocycles. The van der Waals surface area contributed by atoms with E-state index >= 15 is 0 Å². The molecule has 0 unspecified atom stereocenters. The van der Waals surface area contributed by atoms with Gasteiger partial charge in [0.25, 0.3) is 0 Å². The highest BCUT2D eigenvalue weighted by atomic mass is 19.1. The molecule has 0 saturated carbocycles. The van der Waals surface area contributed by atoms with Crippen molar-refractivity contribution in [2.75, 3.05) is 5.73 Å². The maximum atomic E-state index is 13.1. The van der Waals surface area contributed by atoms with Crippen molar-refractivity contribution >= 4 is 11.3 Å². The summed E-state index contributed by atoms with van der Waals surface area (Å²) in [4.78, 5) is 4.40. The number of anilines is 1. The Balaban J connectivity index is 2.18. The molecule has 17 heavy (non-hydrogen) atoms. The summed E-state index contributed by atoms with van der Waals surface area (Å²) in [7, 11) is 0. The number of hydrogen-bond donors (Lipinski definition) is 1. The molecule has 4 heteroatoms. The maximum Gasteiger partial charge on any atom is 0.139 e. The molecule has 84 valence electrons. The minimum Gasteiger partial charge on any atom is -0.399 e. The first kappa shape index (κ1) is 9.84. The van der Waals surface area contributed by atoms with Crippen LogP contribution in [0, 0.1) is 5.82 Å². The molecular formula is C13H10FN3. The van der Waals surface area contributed by atoms with Crippen molar-refractivity contribution < 1.29 is 4.39 Å². The monoisotopic (exact) mass is 227 g/mol. The summed E-state index contributed by atoms with van der Waals surface area (Å²) in [6.07, 6.45) is 3.68. The predicted octanol–water partition coefficient (Wildman–Crippen LogP) is 2.72. The lowest BCUT2D eigenvalue weighted by atomic mass is 10.2. The Bertz CT molecular complexity index is 688. The molecule has 0 radical (unpaired) electrons. The van der Waals surface area contributed by atoms with Crippen LogP contribution in [0.1, 0.15) is 0 Å². The van der Waals surface area contributed by atoms with Crippen LogP contribution in [0.3, 0.4) is 0 Å². The van der Waals surface area contributed by atoms with Crippen molar-refractivity contribution in [1.29, 1.82) is 0 Å². The molecule has 0 atom stereocenters. The summed E-state index contributed by atoms with van der Waals surface area (Å²) in [6.45, 7) is 0. The minimum absolute atomic E-state index is 0.265. The van der Waals surface area contributed by atoms with Gasteiger partial charge >= 0.3 is 0 Å². The topological polar surface area (TPSA) is 43.3 Å². The number of nitrogens with zero attached hydrogens (tertiary/aromatic N) is 2. The van der Waals surface area contributed by atoms with Crippen molar-refractivity contribution in [1.82, 2.24) is 9.38 Å². The SMILES string of the molecule is Nc1ccn2cc(-c3cccc(F)c3)nc2c1. The molecule has 2 aromatic heterocycles. The average Bonchev–Trinajstić information content (AvgIpc) is 2.72. The first-order valence-corrected chi connectivity index (χ1v) is 5.22. The van der Waals surface area contributed by atoms with E-state index in [9.17, 15) is 4.39 Å². The van der Waals surface area contributed by atoms with Crippen LogP contribution in [0.15, 0.2) is 48.8 Å². The molecule has 1 aromatic carbocycles. The summed E-state index contributed by atoms with van der Waals surface area (Å²) < 4.78 is 15.0. The van der Waals surface area contributed by atoms with Gasteiger partial charge in [-0.05, 0) is 18.2 Å². The lowest BCUT2D eigenvalue weighted by Crippen LogP contribution is -1.87. The standard InChI is InChI=1S/C13H10FN3/c14-10-3-1-2-9(6-10)12-8-17-5-4-11(15)7-13(17)16-12/h1-8H,15H2. The van der Waals surface area contributed by atoms with Gasteiger partial charge in [0.2, 0.25) is 0 Å². The van der Waals surface area contributed by atoms with E-state index in [2.05, 4.69) is 4.98 Å². The molecule has 0 saturated heterocycles. The number of pyridine rings is 1. The summed E-state index contributed by atoms with van der Waals surface area (Å²) in [5.74, 6) is -0.265. The fourth-order valence-corrected chi connectivity index (χ4v) is 1.78. The average molecular weight is 227 g/mol. The molecule has 0 bridgehead atoms. The van der Waals surface area contributed by atoms with Crippen LogP contribution >= 0.6 is 0 Å². The Morgan fingerprint density at radius 1 is 1.18 bits per heavy atom. The van der Waals surface area contributed by atoms with Gasteiger partial charge in [-0.15, -0.1) is 0 Å². The van der Waals surface area contributed by atoms with Crippen molar-refractivity contribution in [3.8, 4) is 11.3 Å². The van der Waals surface area contributed by atoms with Gasteiger partial charge in [0.15, 0.2) is 0 Å². The van der Waals surface area contributed by atoms with Gasteiger partial charge in [-0.1, -0.05) is 12.1 Å². The molecule has 3 rings (SSSR count). The smallest absolute Gasteiger partial charge is 0.139 e. The Hall–Kier alpha value is -2.36. The van der Waals surface area contributed by atoms with Crippen LogP contribution in [0.25, 0.3) is 16.9 Å². The van der Waals surface area contributed by atoms with Crippen LogP contribution in [-0.2, 0) is 0 Å². The molecule has 0 aliphatic carbocycles. The number of halogens is 1. The fourth-order valence-electron chi connectivity index (χ4n) is 1.78. The van der Waals surface area contributed by atoms with Gasteiger partial charge in [0.05, 0.1) is 5.69 Å².